The van der Waals surface area contributed by atoms with Gasteiger partial charge in [0, 0.05) is 23.1 Å². The number of para-hydroxylation sites is 1. The summed E-state index contributed by atoms with van der Waals surface area (Å²) in [4.78, 5) is 40.4. The monoisotopic (exact) mass is 524 g/mol. The van der Waals surface area contributed by atoms with E-state index in [9.17, 15) is 14.4 Å². The van der Waals surface area contributed by atoms with E-state index in [-0.39, 0.29) is 18.2 Å². The van der Waals surface area contributed by atoms with Crippen molar-refractivity contribution in [2.24, 2.45) is 11.5 Å². The van der Waals surface area contributed by atoms with Crippen LogP contribution in [0.25, 0.3) is 16.7 Å². The number of nitrogens with one attached hydrogen (secondary N) is 1. The summed E-state index contributed by atoms with van der Waals surface area (Å²) in [6.07, 6.45) is 2.64. The van der Waals surface area contributed by atoms with Gasteiger partial charge in [-0.1, -0.05) is 61.5 Å². The first-order valence-corrected chi connectivity index (χ1v) is 13.2. The molecular weight excluding hydrogens is 488 g/mol. The molecular formula is C32H36N4O3. The molecule has 1 unspecified atom stereocenters. The lowest BCUT2D eigenvalue weighted by molar-refractivity contribution is -0.127. The molecule has 1 aliphatic rings. The molecule has 5 N–H and O–H groups in total. The van der Waals surface area contributed by atoms with Crippen LogP contribution >= 0.6 is 0 Å². The lowest BCUT2D eigenvalue weighted by Gasteiger charge is -2.27. The maximum atomic E-state index is 13.9. The van der Waals surface area contributed by atoms with E-state index in [2.05, 4.69) is 18.3 Å². The number of anilines is 1. The molecule has 3 aromatic rings. The number of fused-ring (bicyclic) bond motifs is 1. The predicted molar refractivity (Wildman–Crippen MR) is 156 cm³/mol. The second-order valence-electron chi connectivity index (χ2n) is 10.8. The number of allylic oxidation sites excluding steroid dienone is 1. The molecule has 0 bridgehead atoms. The Labute approximate surface area is 229 Å². The van der Waals surface area contributed by atoms with Crippen molar-refractivity contribution >= 4 is 29.0 Å². The molecule has 202 valence electrons. The van der Waals surface area contributed by atoms with Crippen molar-refractivity contribution in [3.63, 3.8) is 0 Å². The minimum atomic E-state index is -0.820. The Balaban J connectivity index is 1.71. The third-order valence-electron chi connectivity index (χ3n) is 6.88. The van der Waals surface area contributed by atoms with E-state index in [0.29, 0.717) is 12.1 Å². The zero-order chi connectivity index (χ0) is 28.3. The molecule has 1 atom stereocenters. The van der Waals surface area contributed by atoms with Gasteiger partial charge in [0.05, 0.1) is 12.2 Å². The number of carbonyl (C=O) groups excluding carboxylic acids is 3. The van der Waals surface area contributed by atoms with Gasteiger partial charge in [-0.25, -0.2) is 0 Å². The Hall–Kier alpha value is -4.23. The molecule has 4 rings (SSSR count). The lowest BCUT2D eigenvalue weighted by Crippen LogP contribution is -2.49. The highest BCUT2D eigenvalue weighted by Crippen LogP contribution is 2.34. The quantitative estimate of drug-likeness (QED) is 0.400. The van der Waals surface area contributed by atoms with Crippen LogP contribution in [-0.4, -0.2) is 29.3 Å². The summed E-state index contributed by atoms with van der Waals surface area (Å²) in [5, 5.41) is 2.89. The normalized spacial score (nSPS) is 15.3. The van der Waals surface area contributed by atoms with Gasteiger partial charge in [0.1, 0.15) is 6.04 Å². The molecule has 0 aromatic heterocycles. The lowest BCUT2D eigenvalue weighted by atomic mass is 9.92. The molecule has 0 fully saturated rings. The summed E-state index contributed by atoms with van der Waals surface area (Å²) < 4.78 is 0. The van der Waals surface area contributed by atoms with Crippen molar-refractivity contribution < 1.29 is 14.4 Å². The van der Waals surface area contributed by atoms with Crippen molar-refractivity contribution in [2.75, 3.05) is 4.90 Å². The van der Waals surface area contributed by atoms with Gasteiger partial charge in [-0.15, -0.1) is 0 Å². The average molecular weight is 525 g/mol. The van der Waals surface area contributed by atoms with Gasteiger partial charge in [-0.3, -0.25) is 14.4 Å². The van der Waals surface area contributed by atoms with Crippen LogP contribution < -0.4 is 21.7 Å². The Morgan fingerprint density at radius 3 is 2.31 bits per heavy atom. The van der Waals surface area contributed by atoms with Gasteiger partial charge in [-0.05, 0) is 73.2 Å². The van der Waals surface area contributed by atoms with Gasteiger partial charge in [0.25, 0.3) is 5.91 Å². The fraction of sp³-hybridized carbons (Fsp3) is 0.281. The number of rotatable bonds is 8. The van der Waals surface area contributed by atoms with Gasteiger partial charge < -0.3 is 21.7 Å². The molecule has 0 saturated carbocycles. The maximum absolute atomic E-state index is 13.9. The first kappa shape index (κ1) is 27.8. The molecule has 7 heteroatoms. The number of primary amides is 1. The van der Waals surface area contributed by atoms with E-state index in [1.54, 1.807) is 30.9 Å². The molecule has 1 heterocycles. The second kappa shape index (κ2) is 11.3. The number of aryl methyl sites for hydroxylation is 1. The SMILES string of the molecule is CCc1cc(CN2C(=O)C(NC(=O)CC(C)(C)N)C=C(C)c3ccccc32)ccc1-c1ccccc1C(N)=O. The molecule has 3 amide bonds. The van der Waals surface area contributed by atoms with Crippen LogP contribution in [0.1, 0.15) is 61.2 Å². The van der Waals surface area contributed by atoms with Crippen LogP contribution in [0.2, 0.25) is 0 Å². The molecule has 7 nitrogen and oxygen atoms in total. The first-order chi connectivity index (χ1) is 18.5. The predicted octanol–water partition coefficient (Wildman–Crippen LogP) is 4.58. The summed E-state index contributed by atoms with van der Waals surface area (Å²) in [7, 11) is 0. The largest absolute Gasteiger partial charge is 0.366 e. The molecule has 0 radical (unpaired) electrons. The highest BCUT2D eigenvalue weighted by molar-refractivity contribution is 6.05. The van der Waals surface area contributed by atoms with Crippen LogP contribution in [-0.2, 0) is 22.6 Å². The molecule has 1 aliphatic heterocycles. The Bertz CT molecular complexity index is 1450. The van der Waals surface area contributed by atoms with Crippen LogP contribution in [0.4, 0.5) is 5.69 Å². The van der Waals surface area contributed by atoms with Crippen LogP contribution in [0.15, 0.2) is 72.8 Å². The number of amides is 3. The smallest absolute Gasteiger partial charge is 0.253 e. The van der Waals surface area contributed by atoms with Gasteiger partial charge >= 0.3 is 0 Å². The summed E-state index contributed by atoms with van der Waals surface area (Å²) in [6.45, 7) is 7.88. The number of nitrogens with zero attached hydrogens (tertiary/aromatic N) is 1. The van der Waals surface area contributed by atoms with E-state index in [0.717, 1.165) is 45.5 Å². The highest BCUT2D eigenvalue weighted by atomic mass is 16.2. The fourth-order valence-electron chi connectivity index (χ4n) is 5.06. The summed E-state index contributed by atoms with van der Waals surface area (Å²) in [6, 6.07) is 20.3. The van der Waals surface area contributed by atoms with E-state index in [4.69, 9.17) is 11.5 Å². The zero-order valence-corrected chi connectivity index (χ0v) is 23.0. The maximum Gasteiger partial charge on any atom is 0.253 e. The third kappa shape index (κ3) is 6.26. The fourth-order valence-corrected chi connectivity index (χ4v) is 5.06. The number of carbonyl (C=O) groups is 3. The number of benzene rings is 3. The third-order valence-corrected chi connectivity index (χ3v) is 6.88. The minimum absolute atomic E-state index is 0.102. The molecule has 0 spiro atoms. The topological polar surface area (TPSA) is 119 Å². The van der Waals surface area contributed by atoms with Crippen LogP contribution in [0.3, 0.4) is 0 Å². The molecule has 0 aliphatic carbocycles. The Kier molecular flexibility index (Phi) is 8.02. The van der Waals surface area contributed by atoms with Crippen molar-refractivity contribution in [2.45, 2.75) is 58.7 Å². The molecule has 3 aromatic carbocycles. The standard InChI is InChI=1S/C32H36N4O3/c1-5-22-17-21(14-15-24(22)25-11-6-7-12-26(25)30(33)38)19-36-28-13-9-8-10-23(28)20(2)16-27(31(36)39)35-29(37)18-32(3,4)34/h6-17,27H,5,18-19,34H2,1-4H3,(H2,33,38)(H,35,37). The van der Waals surface area contributed by atoms with E-state index < -0.39 is 17.5 Å². The first-order valence-electron chi connectivity index (χ1n) is 13.2. The van der Waals surface area contributed by atoms with Gasteiger partial charge in [0.15, 0.2) is 0 Å². The zero-order valence-electron chi connectivity index (χ0n) is 23.0. The Morgan fingerprint density at radius 1 is 0.974 bits per heavy atom. The van der Waals surface area contributed by atoms with Gasteiger partial charge in [-0.2, -0.15) is 0 Å². The average Bonchev–Trinajstić information content (AvgIpc) is 2.98. The van der Waals surface area contributed by atoms with Crippen LogP contribution in [0, 0.1) is 0 Å². The minimum Gasteiger partial charge on any atom is -0.366 e. The number of hydrogen-bond acceptors (Lipinski definition) is 4. The van der Waals surface area contributed by atoms with E-state index >= 15 is 0 Å². The summed E-state index contributed by atoms with van der Waals surface area (Å²) in [5.41, 5.74) is 17.8. The molecule has 0 saturated heterocycles. The number of nitrogens with two attached hydrogens (primary N) is 2. The van der Waals surface area contributed by atoms with Crippen LogP contribution in [0.5, 0.6) is 0 Å². The molecule has 39 heavy (non-hydrogen) atoms. The summed E-state index contributed by atoms with van der Waals surface area (Å²) in [5.74, 6) is -0.970. The van der Waals surface area contributed by atoms with Crippen molar-refractivity contribution in [1.82, 2.24) is 5.32 Å². The van der Waals surface area contributed by atoms with Crippen molar-refractivity contribution in [1.29, 1.82) is 0 Å². The second-order valence-corrected chi connectivity index (χ2v) is 10.8. The highest BCUT2D eigenvalue weighted by Gasteiger charge is 2.31. The number of hydrogen-bond donors (Lipinski definition) is 3. The van der Waals surface area contributed by atoms with Crippen molar-refractivity contribution in [3.8, 4) is 11.1 Å². The van der Waals surface area contributed by atoms with E-state index in [1.807, 2.05) is 61.5 Å². The Morgan fingerprint density at radius 2 is 1.64 bits per heavy atom. The van der Waals surface area contributed by atoms with Gasteiger partial charge in [0.2, 0.25) is 11.8 Å². The summed E-state index contributed by atoms with van der Waals surface area (Å²) >= 11 is 0. The van der Waals surface area contributed by atoms with E-state index in [1.165, 1.54) is 0 Å². The van der Waals surface area contributed by atoms with Crippen molar-refractivity contribution in [3.05, 3.63) is 95.1 Å².